The molecular weight excluding hydrogens is 244 g/mol. The van der Waals surface area contributed by atoms with Crippen LogP contribution in [0.25, 0.3) is 10.9 Å². The Labute approximate surface area is 109 Å². The molecule has 92 valence electrons. The molecule has 0 saturated heterocycles. The van der Waals surface area contributed by atoms with E-state index in [0.29, 0.717) is 0 Å². The highest BCUT2D eigenvalue weighted by molar-refractivity contribution is 7.07. The zero-order valence-electron chi connectivity index (χ0n) is 9.81. The summed E-state index contributed by atoms with van der Waals surface area (Å²) >= 11 is 1.73. The van der Waals surface area contributed by atoms with Crippen molar-refractivity contribution >= 4 is 33.6 Å². The highest BCUT2D eigenvalue weighted by Crippen LogP contribution is 2.24. The molecule has 18 heavy (non-hydrogen) atoms. The lowest BCUT2D eigenvalue weighted by molar-refractivity contribution is 1.03. The second-order valence-electron chi connectivity index (χ2n) is 4.21. The number of aromatic amines is 1. The lowest BCUT2D eigenvalue weighted by atomic mass is 10.2. The van der Waals surface area contributed by atoms with Gasteiger partial charge in [-0.1, -0.05) is 0 Å². The summed E-state index contributed by atoms with van der Waals surface area (Å²) in [5.74, 6) is 0. The van der Waals surface area contributed by atoms with Gasteiger partial charge < -0.3 is 11.1 Å². The van der Waals surface area contributed by atoms with Crippen LogP contribution in [0.15, 0.2) is 35.2 Å². The molecule has 0 amide bonds. The minimum Gasteiger partial charge on any atom is -0.397 e. The van der Waals surface area contributed by atoms with Gasteiger partial charge >= 0.3 is 0 Å². The van der Waals surface area contributed by atoms with Crippen LogP contribution in [0.4, 0.5) is 11.4 Å². The Kier molecular flexibility index (Phi) is 2.90. The molecule has 1 aromatic carbocycles. The number of thiophene rings is 1. The van der Waals surface area contributed by atoms with Gasteiger partial charge in [-0.25, -0.2) is 0 Å². The minimum atomic E-state index is 0.759. The third-order valence-electron chi connectivity index (χ3n) is 2.92. The first kappa shape index (κ1) is 11.1. The molecule has 0 radical (unpaired) electrons. The van der Waals surface area contributed by atoms with Crippen LogP contribution in [0.2, 0.25) is 0 Å². The Morgan fingerprint density at radius 2 is 2.33 bits per heavy atom. The van der Waals surface area contributed by atoms with Crippen LogP contribution >= 0.6 is 11.3 Å². The van der Waals surface area contributed by atoms with E-state index in [2.05, 4.69) is 32.3 Å². The molecule has 0 unspecified atom stereocenters. The van der Waals surface area contributed by atoms with Crippen molar-refractivity contribution in [2.24, 2.45) is 0 Å². The largest absolute Gasteiger partial charge is 0.397 e. The van der Waals surface area contributed by atoms with Crippen molar-refractivity contribution in [1.29, 1.82) is 0 Å². The normalized spacial score (nSPS) is 10.9. The molecule has 3 rings (SSSR count). The van der Waals surface area contributed by atoms with Gasteiger partial charge in [0.25, 0.3) is 0 Å². The average Bonchev–Trinajstić information content (AvgIpc) is 3.00. The number of H-pyrrole nitrogens is 1. The van der Waals surface area contributed by atoms with Crippen LogP contribution in [-0.4, -0.2) is 16.7 Å². The van der Waals surface area contributed by atoms with Crippen molar-refractivity contribution in [1.82, 2.24) is 10.2 Å². The van der Waals surface area contributed by atoms with Gasteiger partial charge in [0.2, 0.25) is 0 Å². The third kappa shape index (κ3) is 2.17. The van der Waals surface area contributed by atoms with Crippen LogP contribution in [0.3, 0.4) is 0 Å². The number of fused-ring (bicyclic) bond motifs is 1. The molecule has 5 heteroatoms. The average molecular weight is 258 g/mol. The summed E-state index contributed by atoms with van der Waals surface area (Å²) in [4.78, 5) is 0. The van der Waals surface area contributed by atoms with E-state index in [1.54, 1.807) is 17.5 Å². The maximum absolute atomic E-state index is 6.00. The number of hydrogen-bond acceptors (Lipinski definition) is 4. The smallest absolute Gasteiger partial charge is 0.0672 e. The second-order valence-corrected chi connectivity index (χ2v) is 4.99. The molecule has 3 aromatic rings. The fraction of sp³-hybridized carbons (Fsp3) is 0.154. The number of anilines is 2. The molecule has 0 saturated carbocycles. The van der Waals surface area contributed by atoms with Crippen LogP contribution in [0.5, 0.6) is 0 Å². The Bertz CT molecular complexity index is 642. The Hall–Kier alpha value is -2.01. The predicted octanol–water partition coefficient (Wildman–Crippen LogP) is 2.86. The van der Waals surface area contributed by atoms with E-state index in [0.717, 1.165) is 35.2 Å². The summed E-state index contributed by atoms with van der Waals surface area (Å²) in [5, 5.41) is 15.6. The number of nitrogens with zero attached hydrogens (tertiary/aromatic N) is 1. The summed E-state index contributed by atoms with van der Waals surface area (Å²) in [6, 6.07) is 6.09. The maximum atomic E-state index is 6.00. The first-order valence-corrected chi connectivity index (χ1v) is 6.75. The summed E-state index contributed by atoms with van der Waals surface area (Å²) in [6.07, 6.45) is 2.78. The van der Waals surface area contributed by atoms with Crippen molar-refractivity contribution in [3.8, 4) is 0 Å². The molecule has 2 heterocycles. The second kappa shape index (κ2) is 4.70. The Morgan fingerprint density at radius 3 is 3.17 bits per heavy atom. The van der Waals surface area contributed by atoms with E-state index >= 15 is 0 Å². The minimum absolute atomic E-state index is 0.759. The SMILES string of the molecule is Nc1cc2cn[nH]c2cc1NCCc1ccsc1. The number of nitrogen functional groups attached to an aromatic ring is 1. The van der Waals surface area contributed by atoms with Gasteiger partial charge in [0.15, 0.2) is 0 Å². The van der Waals surface area contributed by atoms with Gasteiger partial charge in [0.1, 0.15) is 0 Å². The van der Waals surface area contributed by atoms with Gasteiger partial charge in [-0.2, -0.15) is 16.4 Å². The van der Waals surface area contributed by atoms with Crippen molar-refractivity contribution < 1.29 is 0 Å². The van der Waals surface area contributed by atoms with Crippen molar-refractivity contribution in [2.45, 2.75) is 6.42 Å². The van der Waals surface area contributed by atoms with Gasteiger partial charge in [0.05, 0.1) is 23.1 Å². The topological polar surface area (TPSA) is 66.7 Å². The molecule has 0 fully saturated rings. The maximum Gasteiger partial charge on any atom is 0.0672 e. The molecule has 0 aliphatic rings. The van der Waals surface area contributed by atoms with E-state index < -0.39 is 0 Å². The van der Waals surface area contributed by atoms with E-state index in [-0.39, 0.29) is 0 Å². The molecule has 4 N–H and O–H groups in total. The number of rotatable bonds is 4. The number of benzene rings is 1. The summed E-state index contributed by atoms with van der Waals surface area (Å²) in [6.45, 7) is 0.876. The number of aromatic nitrogens is 2. The summed E-state index contributed by atoms with van der Waals surface area (Å²) < 4.78 is 0. The van der Waals surface area contributed by atoms with E-state index in [1.807, 2.05) is 12.1 Å². The molecule has 0 spiro atoms. The highest BCUT2D eigenvalue weighted by atomic mass is 32.1. The Morgan fingerprint density at radius 1 is 1.39 bits per heavy atom. The first-order chi connectivity index (χ1) is 8.83. The quantitative estimate of drug-likeness (QED) is 0.630. The van der Waals surface area contributed by atoms with Gasteiger partial charge in [0, 0.05) is 11.9 Å². The number of hydrogen-bond donors (Lipinski definition) is 3. The Balaban J connectivity index is 1.71. The zero-order valence-corrected chi connectivity index (χ0v) is 10.6. The number of nitrogens with two attached hydrogens (primary N) is 1. The number of nitrogens with one attached hydrogen (secondary N) is 2. The molecule has 4 nitrogen and oxygen atoms in total. The lowest BCUT2D eigenvalue weighted by Crippen LogP contribution is -2.06. The van der Waals surface area contributed by atoms with Crippen molar-refractivity contribution in [3.05, 3.63) is 40.7 Å². The molecule has 0 bridgehead atoms. The fourth-order valence-electron chi connectivity index (χ4n) is 1.94. The fourth-order valence-corrected chi connectivity index (χ4v) is 2.64. The lowest BCUT2D eigenvalue weighted by Gasteiger charge is -2.08. The van der Waals surface area contributed by atoms with Crippen LogP contribution in [0.1, 0.15) is 5.56 Å². The van der Waals surface area contributed by atoms with Crippen molar-refractivity contribution in [3.63, 3.8) is 0 Å². The van der Waals surface area contributed by atoms with Gasteiger partial charge in [-0.15, -0.1) is 0 Å². The van der Waals surface area contributed by atoms with Gasteiger partial charge in [-0.05, 0) is 40.9 Å². The zero-order chi connectivity index (χ0) is 12.4. The molecule has 0 atom stereocenters. The third-order valence-corrected chi connectivity index (χ3v) is 3.65. The monoisotopic (exact) mass is 258 g/mol. The van der Waals surface area contributed by atoms with Crippen LogP contribution < -0.4 is 11.1 Å². The molecule has 2 aromatic heterocycles. The standard InChI is InChI=1S/C13H14N4S/c14-11-5-10-7-16-17-12(10)6-13(11)15-3-1-9-2-4-18-8-9/h2,4-8,15H,1,3,14H2,(H,16,17). The predicted molar refractivity (Wildman–Crippen MR) is 77.0 cm³/mol. The van der Waals surface area contributed by atoms with Crippen LogP contribution in [0, 0.1) is 0 Å². The highest BCUT2D eigenvalue weighted by Gasteiger charge is 2.03. The summed E-state index contributed by atoms with van der Waals surface area (Å²) in [7, 11) is 0. The van der Waals surface area contributed by atoms with E-state index in [4.69, 9.17) is 5.73 Å². The molecule has 0 aliphatic heterocycles. The van der Waals surface area contributed by atoms with Gasteiger partial charge in [-0.3, -0.25) is 5.10 Å². The molecule has 0 aliphatic carbocycles. The van der Waals surface area contributed by atoms with E-state index in [9.17, 15) is 0 Å². The summed E-state index contributed by atoms with van der Waals surface area (Å²) in [5.41, 5.74) is 10.1. The van der Waals surface area contributed by atoms with Crippen molar-refractivity contribution in [2.75, 3.05) is 17.6 Å². The van der Waals surface area contributed by atoms with Crippen LogP contribution in [-0.2, 0) is 6.42 Å². The molecular formula is C13H14N4S. The first-order valence-electron chi connectivity index (χ1n) is 5.80. The van der Waals surface area contributed by atoms with E-state index in [1.165, 1.54) is 5.56 Å².